The maximum absolute atomic E-state index is 11.8. The van der Waals surface area contributed by atoms with Gasteiger partial charge in [0.2, 0.25) is 11.8 Å². The Balaban J connectivity index is 2.42. The third-order valence-electron chi connectivity index (χ3n) is 2.68. The smallest absolute Gasteiger partial charge is 0.221 e. The molecule has 5 nitrogen and oxygen atoms in total. The lowest BCUT2D eigenvalue weighted by atomic mass is 10.1. The minimum Gasteiger partial charge on any atom is -0.475 e. The van der Waals surface area contributed by atoms with Crippen LogP contribution in [-0.4, -0.2) is 29.1 Å². The van der Waals surface area contributed by atoms with E-state index in [0.29, 0.717) is 25.4 Å². The van der Waals surface area contributed by atoms with Crippen molar-refractivity contribution in [3.8, 4) is 5.88 Å². The van der Waals surface area contributed by atoms with Gasteiger partial charge in [-0.1, -0.05) is 6.07 Å². The summed E-state index contributed by atoms with van der Waals surface area (Å²) < 4.78 is 5.63. The van der Waals surface area contributed by atoms with E-state index in [1.165, 1.54) is 0 Å². The molecule has 1 amide bonds. The fourth-order valence-corrected chi connectivity index (χ4v) is 1.72. The second-order valence-electron chi connectivity index (χ2n) is 6.34. The monoisotopic (exact) mass is 293 g/mol. The van der Waals surface area contributed by atoms with Crippen LogP contribution >= 0.6 is 0 Å². The second kappa shape index (κ2) is 7.98. The number of hydrogen-bond donors (Lipinski definition) is 2. The van der Waals surface area contributed by atoms with E-state index in [4.69, 9.17) is 4.74 Å². The molecule has 118 valence electrons. The van der Waals surface area contributed by atoms with Crippen molar-refractivity contribution in [2.75, 3.05) is 6.54 Å². The second-order valence-corrected chi connectivity index (χ2v) is 6.34. The molecule has 0 saturated carbocycles. The number of nitrogens with one attached hydrogen (secondary N) is 2. The summed E-state index contributed by atoms with van der Waals surface area (Å²) in [4.78, 5) is 16.0. The topological polar surface area (TPSA) is 63.2 Å². The zero-order chi connectivity index (χ0) is 15.9. The molecular formula is C16H27N3O2. The average Bonchev–Trinajstić information content (AvgIpc) is 2.35. The van der Waals surface area contributed by atoms with Crippen molar-refractivity contribution in [3.05, 3.63) is 23.9 Å². The Kier molecular flexibility index (Phi) is 6.62. The predicted octanol–water partition coefficient (Wildman–Crippen LogP) is 2.26. The van der Waals surface area contributed by atoms with E-state index in [-0.39, 0.29) is 17.6 Å². The van der Waals surface area contributed by atoms with E-state index in [2.05, 4.69) is 36.4 Å². The Morgan fingerprint density at radius 2 is 2.10 bits per heavy atom. The molecule has 1 rings (SSSR count). The molecule has 0 unspecified atom stereocenters. The Labute approximate surface area is 127 Å². The molecule has 0 saturated heterocycles. The van der Waals surface area contributed by atoms with E-state index in [1.807, 2.05) is 26.0 Å². The molecule has 1 heterocycles. The number of nitrogens with zero attached hydrogens (tertiary/aromatic N) is 1. The molecule has 0 radical (unpaired) electrons. The normalized spacial score (nSPS) is 11.5. The largest absolute Gasteiger partial charge is 0.475 e. The zero-order valence-electron chi connectivity index (χ0n) is 13.7. The molecule has 2 N–H and O–H groups in total. The molecule has 0 aliphatic carbocycles. The quantitative estimate of drug-likeness (QED) is 0.809. The summed E-state index contributed by atoms with van der Waals surface area (Å²) in [6.07, 6.45) is 2.21. The number of carbonyl (C=O) groups excluding carboxylic acids is 1. The lowest BCUT2D eigenvalue weighted by molar-refractivity contribution is -0.121. The Bertz CT molecular complexity index is 453. The number of carbonyl (C=O) groups is 1. The first-order chi connectivity index (χ1) is 9.78. The minimum atomic E-state index is 0.0195. The van der Waals surface area contributed by atoms with E-state index >= 15 is 0 Å². The Morgan fingerprint density at radius 1 is 1.38 bits per heavy atom. The van der Waals surface area contributed by atoms with Gasteiger partial charge < -0.3 is 15.4 Å². The van der Waals surface area contributed by atoms with Gasteiger partial charge in [0.25, 0.3) is 0 Å². The summed E-state index contributed by atoms with van der Waals surface area (Å²) in [5.74, 6) is 0.603. The summed E-state index contributed by atoms with van der Waals surface area (Å²) in [6, 6.07) is 3.76. The van der Waals surface area contributed by atoms with E-state index in [0.717, 1.165) is 5.56 Å². The summed E-state index contributed by atoms with van der Waals surface area (Å²) in [6.45, 7) is 11.2. The first-order valence-corrected chi connectivity index (χ1v) is 7.40. The standard InChI is InChI=1S/C16H27N3O2/c1-12(2)21-15-13(7-6-9-17-15)11-18-14(20)8-10-19-16(3,4)5/h6-7,9,12,19H,8,10-11H2,1-5H3,(H,18,20). The van der Waals surface area contributed by atoms with E-state index in [1.54, 1.807) is 6.20 Å². The van der Waals surface area contributed by atoms with Gasteiger partial charge in [-0.15, -0.1) is 0 Å². The molecule has 0 spiro atoms. The highest BCUT2D eigenvalue weighted by Gasteiger charge is 2.11. The number of ether oxygens (including phenoxy) is 1. The van der Waals surface area contributed by atoms with Gasteiger partial charge in [0.15, 0.2) is 0 Å². The molecule has 0 fully saturated rings. The maximum atomic E-state index is 11.8. The molecule has 0 bridgehead atoms. The van der Waals surface area contributed by atoms with Crippen molar-refractivity contribution in [1.29, 1.82) is 0 Å². The fraction of sp³-hybridized carbons (Fsp3) is 0.625. The number of aromatic nitrogens is 1. The van der Waals surface area contributed by atoms with Gasteiger partial charge in [-0.2, -0.15) is 0 Å². The molecule has 0 aliphatic heterocycles. The van der Waals surface area contributed by atoms with Crippen molar-refractivity contribution >= 4 is 5.91 Å². The minimum absolute atomic E-state index is 0.0195. The predicted molar refractivity (Wildman–Crippen MR) is 84.2 cm³/mol. The first-order valence-electron chi connectivity index (χ1n) is 7.40. The molecule has 0 atom stereocenters. The lowest BCUT2D eigenvalue weighted by Crippen LogP contribution is -2.38. The SMILES string of the molecule is CC(C)Oc1ncccc1CNC(=O)CCNC(C)(C)C. The summed E-state index contributed by atoms with van der Waals surface area (Å²) in [5, 5.41) is 6.19. The third kappa shape index (κ3) is 7.66. The van der Waals surface area contributed by atoms with Gasteiger partial charge in [0.05, 0.1) is 6.10 Å². The van der Waals surface area contributed by atoms with Crippen LogP contribution in [0.5, 0.6) is 5.88 Å². The van der Waals surface area contributed by atoms with Crippen LogP contribution < -0.4 is 15.4 Å². The van der Waals surface area contributed by atoms with Crippen molar-refractivity contribution in [3.63, 3.8) is 0 Å². The highest BCUT2D eigenvalue weighted by atomic mass is 16.5. The molecule has 0 aliphatic rings. The van der Waals surface area contributed by atoms with Crippen LogP contribution in [0.4, 0.5) is 0 Å². The highest BCUT2D eigenvalue weighted by Crippen LogP contribution is 2.15. The summed E-state index contributed by atoms with van der Waals surface area (Å²) in [5.41, 5.74) is 0.922. The lowest BCUT2D eigenvalue weighted by Gasteiger charge is -2.20. The van der Waals surface area contributed by atoms with Gasteiger partial charge in [0, 0.05) is 36.8 Å². The summed E-state index contributed by atoms with van der Waals surface area (Å²) in [7, 11) is 0. The molecule has 21 heavy (non-hydrogen) atoms. The van der Waals surface area contributed by atoms with Crippen molar-refractivity contribution < 1.29 is 9.53 Å². The molecule has 1 aromatic heterocycles. The van der Waals surface area contributed by atoms with Crippen LogP contribution in [0.15, 0.2) is 18.3 Å². The van der Waals surface area contributed by atoms with Crippen molar-refractivity contribution in [2.45, 2.75) is 59.2 Å². The van der Waals surface area contributed by atoms with Crippen LogP contribution in [0.25, 0.3) is 0 Å². The van der Waals surface area contributed by atoms with Crippen LogP contribution in [0.3, 0.4) is 0 Å². The van der Waals surface area contributed by atoms with Gasteiger partial charge in [-0.3, -0.25) is 4.79 Å². The number of rotatable bonds is 7. The number of pyridine rings is 1. The van der Waals surface area contributed by atoms with Crippen molar-refractivity contribution in [1.82, 2.24) is 15.6 Å². The van der Waals surface area contributed by atoms with Crippen LogP contribution in [0, 0.1) is 0 Å². The van der Waals surface area contributed by atoms with Gasteiger partial charge in [0.1, 0.15) is 0 Å². The molecule has 1 aromatic rings. The van der Waals surface area contributed by atoms with E-state index in [9.17, 15) is 4.79 Å². The van der Waals surface area contributed by atoms with Crippen LogP contribution in [0.1, 0.15) is 46.6 Å². The third-order valence-corrected chi connectivity index (χ3v) is 2.68. The Hall–Kier alpha value is -1.62. The van der Waals surface area contributed by atoms with Gasteiger partial charge in [-0.25, -0.2) is 4.98 Å². The van der Waals surface area contributed by atoms with Crippen molar-refractivity contribution in [2.24, 2.45) is 0 Å². The van der Waals surface area contributed by atoms with Gasteiger partial charge >= 0.3 is 0 Å². The Morgan fingerprint density at radius 3 is 2.71 bits per heavy atom. The first kappa shape index (κ1) is 17.4. The molecular weight excluding hydrogens is 266 g/mol. The average molecular weight is 293 g/mol. The number of hydrogen-bond acceptors (Lipinski definition) is 4. The van der Waals surface area contributed by atoms with Crippen LogP contribution in [-0.2, 0) is 11.3 Å². The summed E-state index contributed by atoms with van der Waals surface area (Å²) >= 11 is 0. The van der Waals surface area contributed by atoms with Gasteiger partial charge in [-0.05, 0) is 40.7 Å². The van der Waals surface area contributed by atoms with E-state index < -0.39 is 0 Å². The zero-order valence-corrected chi connectivity index (χ0v) is 13.7. The highest BCUT2D eigenvalue weighted by molar-refractivity contribution is 5.76. The maximum Gasteiger partial charge on any atom is 0.221 e. The molecule has 0 aromatic carbocycles. The molecule has 5 heteroatoms. The van der Waals surface area contributed by atoms with Crippen LogP contribution in [0.2, 0.25) is 0 Å². The fourth-order valence-electron chi connectivity index (χ4n) is 1.72. The number of amides is 1.